The van der Waals surface area contributed by atoms with Crippen LogP contribution in [-0.2, 0) is 19.5 Å². The first kappa shape index (κ1) is 37.8. The maximum Gasteiger partial charge on any atom is 0.322 e. The smallest absolute Gasteiger partial charge is 0.322 e. The van der Waals surface area contributed by atoms with Crippen molar-refractivity contribution in [3.05, 3.63) is 47.5 Å². The number of ether oxygens (including phenoxy) is 2. The van der Waals surface area contributed by atoms with Gasteiger partial charge in [0.25, 0.3) is 16.1 Å². The first-order valence-corrected chi connectivity index (χ1v) is 16.0. The minimum absolute atomic E-state index is 0.0415. The molecule has 4 aromatic rings. The van der Waals surface area contributed by atoms with Crippen molar-refractivity contribution in [1.29, 1.82) is 0 Å². The standard InChI is InChI=1S/C26H30N10O12S2/c1-45-25-31-21(29-23(33-25)35(9-11-37)10-12-38)27-17-7-5-15(19(13-17)49-48-47-41)3-4-16-6-8-18(14-20(16)50(42,43)44)28-22-30-24(36(39)40)34-26(32-22)46-2/h3-8,13-14,37-41H,9-12H2,1-2H3,(H,42,43,44)(H,27,29,31,33)(H,28,30,32,34)/b4-3+. The molecule has 24 heteroatoms. The predicted octanol–water partition coefficient (Wildman–Crippen LogP) is 1.78. The zero-order chi connectivity index (χ0) is 36.3. The van der Waals surface area contributed by atoms with Gasteiger partial charge in [-0.2, -0.15) is 38.3 Å². The molecule has 50 heavy (non-hydrogen) atoms. The van der Waals surface area contributed by atoms with E-state index in [4.69, 9.17) is 14.7 Å². The van der Waals surface area contributed by atoms with E-state index in [1.54, 1.807) is 18.2 Å². The molecule has 2 aromatic carbocycles. The van der Waals surface area contributed by atoms with Crippen molar-refractivity contribution in [1.82, 2.24) is 29.9 Å². The van der Waals surface area contributed by atoms with E-state index in [2.05, 4.69) is 49.9 Å². The van der Waals surface area contributed by atoms with E-state index in [9.17, 15) is 33.6 Å². The summed E-state index contributed by atoms with van der Waals surface area (Å²) in [4.78, 5) is 25.4. The van der Waals surface area contributed by atoms with Crippen LogP contribution in [0.4, 0.5) is 35.2 Å². The number of benzene rings is 2. The molecule has 0 spiro atoms. The zero-order valence-electron chi connectivity index (χ0n) is 26.0. The normalized spacial score (nSPS) is 11.4. The molecule has 2 heterocycles. The maximum absolute atomic E-state index is 12.4. The van der Waals surface area contributed by atoms with Gasteiger partial charge in [0.15, 0.2) is 0 Å². The summed E-state index contributed by atoms with van der Waals surface area (Å²) < 4.78 is 49.4. The number of methoxy groups -OCH3 is 2. The Kier molecular flexibility index (Phi) is 13.3. The Hall–Kier alpha value is -5.02. The molecule has 0 unspecified atom stereocenters. The number of aromatic nitrogens is 6. The second kappa shape index (κ2) is 17.6. The summed E-state index contributed by atoms with van der Waals surface area (Å²) in [7, 11) is -2.20. The number of aliphatic hydroxyl groups excluding tert-OH is 2. The van der Waals surface area contributed by atoms with E-state index >= 15 is 0 Å². The molecule has 0 radical (unpaired) electrons. The Balaban J connectivity index is 1.64. The van der Waals surface area contributed by atoms with E-state index in [0.717, 1.165) is 6.07 Å². The molecule has 0 aliphatic heterocycles. The van der Waals surface area contributed by atoms with E-state index in [1.807, 2.05) is 0 Å². The number of hydrogen-bond acceptors (Lipinski definition) is 22. The highest BCUT2D eigenvalue weighted by Crippen LogP contribution is 2.31. The predicted molar refractivity (Wildman–Crippen MR) is 174 cm³/mol. The minimum Gasteiger partial charge on any atom is -0.467 e. The van der Waals surface area contributed by atoms with Crippen LogP contribution in [0.1, 0.15) is 11.1 Å². The molecular weight excluding hydrogens is 708 g/mol. The second-order valence-electron chi connectivity index (χ2n) is 9.40. The van der Waals surface area contributed by atoms with Gasteiger partial charge >= 0.3 is 12.0 Å². The van der Waals surface area contributed by atoms with Gasteiger partial charge in [-0.15, -0.1) is 4.33 Å². The van der Waals surface area contributed by atoms with Gasteiger partial charge in [0.2, 0.25) is 17.8 Å². The quantitative estimate of drug-likeness (QED) is 0.0237. The van der Waals surface area contributed by atoms with Gasteiger partial charge in [0.05, 0.1) is 39.5 Å². The van der Waals surface area contributed by atoms with E-state index in [0.29, 0.717) is 28.2 Å². The summed E-state index contributed by atoms with van der Waals surface area (Å²) in [6.07, 6.45) is 2.88. The Bertz CT molecular complexity index is 1900. The monoisotopic (exact) mass is 738 g/mol. The average Bonchev–Trinajstić information content (AvgIpc) is 3.09. The number of nitrogens with zero attached hydrogens (tertiary/aromatic N) is 8. The van der Waals surface area contributed by atoms with Gasteiger partial charge in [0, 0.05) is 29.4 Å². The van der Waals surface area contributed by atoms with Crippen molar-refractivity contribution < 1.29 is 57.7 Å². The SMILES string of the molecule is COc1nc(Nc2ccc(/C=C/c3ccc(Nc4nc(OC)nc(N(CCO)CCO)n4)cc3SOOO)c(S(=O)(=O)O)c2)nc(N(O)O)n1. The third-order valence-corrected chi connectivity index (χ3v) is 7.76. The number of aliphatic hydroxyl groups is 2. The van der Waals surface area contributed by atoms with E-state index in [-0.39, 0.29) is 72.6 Å². The Labute approximate surface area is 287 Å². The van der Waals surface area contributed by atoms with Crippen LogP contribution in [0.3, 0.4) is 0 Å². The van der Waals surface area contributed by atoms with Gasteiger partial charge < -0.3 is 35.2 Å². The Morgan fingerprint density at radius 3 is 1.88 bits per heavy atom. The number of nitrogens with one attached hydrogen (secondary N) is 2. The molecule has 4 rings (SSSR count). The maximum atomic E-state index is 12.4. The topological polar surface area (TPSA) is 300 Å². The fraction of sp³-hybridized carbons (Fsp3) is 0.231. The Morgan fingerprint density at radius 2 is 1.34 bits per heavy atom. The highest BCUT2D eigenvalue weighted by atomic mass is 32.2. The molecule has 2 aromatic heterocycles. The van der Waals surface area contributed by atoms with Crippen molar-refractivity contribution in [2.24, 2.45) is 0 Å². The summed E-state index contributed by atoms with van der Waals surface area (Å²) in [5, 5.41) is 55.2. The van der Waals surface area contributed by atoms with Gasteiger partial charge in [-0.05, 0) is 35.4 Å². The first-order chi connectivity index (χ1) is 24.0. The van der Waals surface area contributed by atoms with Gasteiger partial charge in [-0.3, -0.25) is 15.0 Å². The van der Waals surface area contributed by atoms with Crippen molar-refractivity contribution in [2.75, 3.05) is 61.3 Å². The summed E-state index contributed by atoms with van der Waals surface area (Å²) in [5.41, 5.74) is 1.00. The lowest BCUT2D eigenvalue weighted by molar-refractivity contribution is -0.432. The number of anilines is 6. The summed E-state index contributed by atoms with van der Waals surface area (Å²) >= 11 is 0.604. The molecule has 268 valence electrons. The summed E-state index contributed by atoms with van der Waals surface area (Å²) in [6, 6.07) is 8.34. The van der Waals surface area contributed by atoms with Crippen LogP contribution in [0, 0.1) is 0 Å². The van der Waals surface area contributed by atoms with Crippen molar-refractivity contribution in [2.45, 2.75) is 9.79 Å². The zero-order valence-corrected chi connectivity index (χ0v) is 27.6. The largest absolute Gasteiger partial charge is 0.467 e. The number of rotatable bonds is 18. The van der Waals surface area contributed by atoms with Crippen LogP contribution in [-0.4, -0.2) is 109 Å². The molecule has 22 nitrogen and oxygen atoms in total. The lowest BCUT2D eigenvalue weighted by Crippen LogP contribution is -2.31. The number of hydrogen-bond donors (Lipinski definition) is 8. The van der Waals surface area contributed by atoms with Gasteiger partial charge in [-0.1, -0.05) is 34.5 Å². The van der Waals surface area contributed by atoms with Crippen LogP contribution in [0.2, 0.25) is 0 Å². The van der Waals surface area contributed by atoms with E-state index in [1.165, 1.54) is 43.4 Å². The summed E-state index contributed by atoms with van der Waals surface area (Å²) in [5.74, 6) is -0.663. The molecule has 0 bridgehead atoms. The highest BCUT2D eigenvalue weighted by molar-refractivity contribution is 7.94. The first-order valence-electron chi connectivity index (χ1n) is 13.8. The average molecular weight is 739 g/mol. The van der Waals surface area contributed by atoms with Gasteiger partial charge in [-0.25, -0.2) is 5.26 Å². The fourth-order valence-corrected chi connectivity index (χ4v) is 5.28. The van der Waals surface area contributed by atoms with Crippen LogP contribution in [0.15, 0.2) is 46.2 Å². The summed E-state index contributed by atoms with van der Waals surface area (Å²) in [6.45, 7) is -0.178. The second-order valence-corrected chi connectivity index (χ2v) is 11.5. The molecule has 0 saturated carbocycles. The molecular formula is C26H30N10O12S2. The minimum atomic E-state index is -4.79. The lowest BCUT2D eigenvalue weighted by Gasteiger charge is -2.21. The molecule has 0 saturated heterocycles. The molecule has 8 N–H and O–H groups in total. The van der Waals surface area contributed by atoms with Crippen molar-refractivity contribution in [3.63, 3.8) is 0 Å². The van der Waals surface area contributed by atoms with Gasteiger partial charge in [0.1, 0.15) is 4.90 Å². The van der Waals surface area contributed by atoms with Crippen LogP contribution in [0.5, 0.6) is 12.0 Å². The molecule has 0 amide bonds. The third-order valence-electron chi connectivity index (χ3n) is 6.19. The van der Waals surface area contributed by atoms with Crippen molar-refractivity contribution >= 4 is 69.5 Å². The molecule has 0 aliphatic rings. The fourth-order valence-electron chi connectivity index (χ4n) is 4.06. The molecule has 0 fully saturated rings. The van der Waals surface area contributed by atoms with Crippen molar-refractivity contribution in [3.8, 4) is 12.0 Å². The molecule has 0 atom stereocenters. The Morgan fingerprint density at radius 1 is 0.800 bits per heavy atom. The third kappa shape index (κ3) is 10.2. The highest BCUT2D eigenvalue weighted by Gasteiger charge is 2.18. The van der Waals surface area contributed by atoms with Crippen LogP contribution < -0.4 is 30.2 Å². The van der Waals surface area contributed by atoms with E-state index < -0.39 is 21.0 Å². The van der Waals surface area contributed by atoms with Crippen LogP contribution in [0.25, 0.3) is 12.2 Å². The molecule has 0 aliphatic carbocycles. The lowest BCUT2D eigenvalue weighted by atomic mass is 10.1. The van der Waals surface area contributed by atoms with Crippen LogP contribution >= 0.6 is 12.0 Å².